The van der Waals surface area contributed by atoms with Crippen LogP contribution in [0.15, 0.2) is 46.0 Å². The smallest absolute Gasteiger partial charge is 0.265 e. The maximum absolute atomic E-state index is 12.9. The van der Waals surface area contributed by atoms with E-state index in [0.29, 0.717) is 0 Å². The molecule has 1 heterocycles. The molecule has 92 valence electrons. The van der Waals surface area contributed by atoms with Crippen molar-refractivity contribution in [3.8, 4) is 0 Å². The van der Waals surface area contributed by atoms with Crippen LogP contribution >= 0.6 is 0 Å². The number of carbonyl (C=O) groups is 1. The number of nitrogens with one attached hydrogen (secondary N) is 1. The quantitative estimate of drug-likeness (QED) is 0.806. The lowest BCUT2D eigenvalue weighted by molar-refractivity contribution is 0.0965. The van der Waals surface area contributed by atoms with Gasteiger partial charge in [-0.3, -0.25) is 19.5 Å². The van der Waals surface area contributed by atoms with E-state index in [9.17, 15) is 18.8 Å². The van der Waals surface area contributed by atoms with Gasteiger partial charge in [-0.2, -0.15) is 0 Å². The van der Waals surface area contributed by atoms with E-state index in [1.165, 1.54) is 18.2 Å². The zero-order chi connectivity index (χ0) is 13.1. The van der Waals surface area contributed by atoms with Crippen LogP contribution in [0.4, 0.5) is 4.39 Å². The molecule has 6 heteroatoms. The second kappa shape index (κ2) is 4.79. The second-order valence-corrected chi connectivity index (χ2v) is 3.67. The summed E-state index contributed by atoms with van der Waals surface area (Å²) in [4.78, 5) is 34.2. The molecule has 0 unspecified atom stereocenters. The molecule has 0 aliphatic heterocycles. The van der Waals surface area contributed by atoms with Crippen LogP contribution in [-0.4, -0.2) is 15.6 Å². The van der Waals surface area contributed by atoms with Gasteiger partial charge >= 0.3 is 0 Å². The van der Waals surface area contributed by atoms with Gasteiger partial charge in [0.05, 0.1) is 0 Å². The highest BCUT2D eigenvalue weighted by molar-refractivity contribution is 5.95. The summed E-state index contributed by atoms with van der Waals surface area (Å²) in [5, 5.41) is 2.22. The fourth-order valence-electron chi connectivity index (χ4n) is 1.48. The second-order valence-electron chi connectivity index (χ2n) is 3.67. The fraction of sp³-hybridized carbons (Fsp3) is 0.0833. The lowest BCUT2D eigenvalue weighted by Crippen LogP contribution is -2.30. The highest BCUT2D eigenvalue weighted by Crippen LogP contribution is 2.04. The van der Waals surface area contributed by atoms with E-state index in [1.807, 2.05) is 0 Å². The van der Waals surface area contributed by atoms with Crippen molar-refractivity contribution < 1.29 is 9.18 Å². The normalized spacial score (nSPS) is 10.3. The van der Waals surface area contributed by atoms with Gasteiger partial charge in [0.1, 0.15) is 12.4 Å². The Balaban J connectivity index is 2.29. The fourth-order valence-corrected chi connectivity index (χ4v) is 1.48. The molecule has 1 N–H and O–H groups in total. The molecule has 0 fully saturated rings. The molecule has 1 aromatic carbocycles. The maximum Gasteiger partial charge on any atom is 0.265 e. The van der Waals surface area contributed by atoms with Crippen molar-refractivity contribution in [1.82, 2.24) is 9.78 Å². The topological polar surface area (TPSA) is 71.9 Å². The number of carbonyl (C=O) groups excluding carboxylic acids is 1. The number of aromatic nitrogens is 2. The molecule has 0 atom stereocenters. The summed E-state index contributed by atoms with van der Waals surface area (Å²) in [5.74, 6) is -0.992. The number of hydrogen-bond acceptors (Lipinski definition) is 3. The number of aromatic amines is 1. The summed E-state index contributed by atoms with van der Waals surface area (Å²) < 4.78 is 13.8. The molecule has 0 amide bonds. The molecular weight excluding hydrogens is 239 g/mol. The first-order valence-electron chi connectivity index (χ1n) is 5.15. The Labute approximate surface area is 100 Å². The van der Waals surface area contributed by atoms with Crippen LogP contribution in [0.3, 0.4) is 0 Å². The zero-order valence-electron chi connectivity index (χ0n) is 9.22. The largest absolute Gasteiger partial charge is 0.292 e. The SMILES string of the molecule is O=C(Cn1[nH]c(=O)ccc1=O)c1cccc(F)c1. The van der Waals surface area contributed by atoms with Gasteiger partial charge in [0.25, 0.3) is 11.1 Å². The summed E-state index contributed by atoms with van der Waals surface area (Å²) in [5.41, 5.74) is -0.840. The molecule has 18 heavy (non-hydrogen) atoms. The molecule has 2 rings (SSSR count). The van der Waals surface area contributed by atoms with Gasteiger partial charge in [0, 0.05) is 17.7 Å². The molecule has 0 saturated carbocycles. The van der Waals surface area contributed by atoms with E-state index < -0.39 is 22.7 Å². The number of benzene rings is 1. The summed E-state index contributed by atoms with van der Waals surface area (Å²) in [6.45, 7) is -0.335. The minimum atomic E-state index is -0.533. The Morgan fingerprint density at radius 3 is 2.72 bits per heavy atom. The van der Waals surface area contributed by atoms with Crippen molar-refractivity contribution in [1.29, 1.82) is 0 Å². The van der Waals surface area contributed by atoms with Crippen molar-refractivity contribution in [2.45, 2.75) is 6.54 Å². The first kappa shape index (κ1) is 12.0. The molecular formula is C12H9FN2O3. The predicted molar refractivity (Wildman–Crippen MR) is 62.1 cm³/mol. The number of rotatable bonds is 3. The summed E-state index contributed by atoms with van der Waals surface area (Å²) in [7, 11) is 0. The minimum Gasteiger partial charge on any atom is -0.292 e. The van der Waals surface area contributed by atoms with Crippen molar-refractivity contribution in [2.75, 3.05) is 0 Å². The van der Waals surface area contributed by atoms with Crippen LogP contribution in [0.25, 0.3) is 0 Å². The Hall–Kier alpha value is -2.50. The van der Waals surface area contributed by atoms with Crippen LogP contribution in [0, 0.1) is 5.82 Å². The first-order chi connectivity index (χ1) is 8.56. The van der Waals surface area contributed by atoms with Gasteiger partial charge in [-0.15, -0.1) is 0 Å². The van der Waals surface area contributed by atoms with Gasteiger partial charge in [-0.25, -0.2) is 9.07 Å². The van der Waals surface area contributed by atoms with E-state index in [2.05, 4.69) is 5.10 Å². The third-order valence-corrected chi connectivity index (χ3v) is 2.34. The van der Waals surface area contributed by atoms with Crippen LogP contribution < -0.4 is 11.1 Å². The zero-order valence-corrected chi connectivity index (χ0v) is 9.22. The highest BCUT2D eigenvalue weighted by Gasteiger charge is 2.08. The third kappa shape index (κ3) is 2.60. The first-order valence-corrected chi connectivity index (χ1v) is 5.15. The lowest BCUT2D eigenvalue weighted by Gasteiger charge is -2.04. The predicted octanol–water partition coefficient (Wildman–Crippen LogP) is 0.559. The molecule has 0 saturated heterocycles. The number of Topliss-reactive ketones (excluding diaryl/α,β-unsaturated/α-hetero) is 1. The van der Waals surface area contributed by atoms with Crippen LogP contribution in [-0.2, 0) is 6.54 Å². The van der Waals surface area contributed by atoms with E-state index in [1.54, 1.807) is 0 Å². The van der Waals surface area contributed by atoms with Gasteiger partial charge in [0.2, 0.25) is 0 Å². The molecule has 0 aliphatic carbocycles. The molecule has 0 bridgehead atoms. The van der Waals surface area contributed by atoms with Crippen molar-refractivity contribution in [3.05, 3.63) is 68.5 Å². The number of nitrogens with zero attached hydrogens (tertiary/aromatic N) is 1. The average Bonchev–Trinajstić information content (AvgIpc) is 2.34. The average molecular weight is 248 g/mol. The Kier molecular flexibility index (Phi) is 3.18. The van der Waals surface area contributed by atoms with Gasteiger partial charge < -0.3 is 0 Å². The third-order valence-electron chi connectivity index (χ3n) is 2.34. The standard InChI is InChI=1S/C12H9FN2O3/c13-9-3-1-2-8(6-9)10(16)7-15-12(18)5-4-11(17)14-15/h1-6H,7H2,(H,14,17). The van der Waals surface area contributed by atoms with E-state index in [4.69, 9.17) is 0 Å². The van der Waals surface area contributed by atoms with Crippen molar-refractivity contribution >= 4 is 5.78 Å². The Morgan fingerprint density at radius 1 is 1.22 bits per heavy atom. The number of hydrogen-bond donors (Lipinski definition) is 1. The van der Waals surface area contributed by atoms with Crippen LogP contribution in [0.2, 0.25) is 0 Å². The molecule has 2 aromatic rings. The summed E-state index contributed by atoms with van der Waals surface area (Å²) >= 11 is 0. The van der Waals surface area contributed by atoms with Gasteiger partial charge in [-0.1, -0.05) is 12.1 Å². The Bertz CT molecular complexity index is 703. The Morgan fingerprint density at radius 2 is 2.00 bits per heavy atom. The summed E-state index contributed by atoms with van der Waals surface area (Å²) in [6.07, 6.45) is 0. The van der Waals surface area contributed by atoms with Crippen molar-refractivity contribution in [3.63, 3.8) is 0 Å². The number of halogens is 1. The van der Waals surface area contributed by atoms with E-state index in [0.717, 1.165) is 22.9 Å². The van der Waals surface area contributed by atoms with Gasteiger partial charge in [-0.05, 0) is 12.1 Å². The molecule has 5 nitrogen and oxygen atoms in total. The number of H-pyrrole nitrogens is 1. The number of ketones is 1. The summed E-state index contributed by atoms with van der Waals surface area (Å²) in [6, 6.07) is 7.28. The van der Waals surface area contributed by atoms with E-state index in [-0.39, 0.29) is 12.1 Å². The molecule has 0 radical (unpaired) electrons. The van der Waals surface area contributed by atoms with Crippen LogP contribution in [0.1, 0.15) is 10.4 Å². The highest BCUT2D eigenvalue weighted by atomic mass is 19.1. The monoisotopic (exact) mass is 248 g/mol. The van der Waals surface area contributed by atoms with E-state index >= 15 is 0 Å². The maximum atomic E-state index is 12.9. The van der Waals surface area contributed by atoms with Crippen molar-refractivity contribution in [2.24, 2.45) is 0 Å². The molecule has 0 aliphatic rings. The molecule has 1 aromatic heterocycles. The minimum absolute atomic E-state index is 0.145. The molecule has 0 spiro atoms. The lowest BCUT2D eigenvalue weighted by atomic mass is 10.1. The van der Waals surface area contributed by atoms with Gasteiger partial charge in [0.15, 0.2) is 5.78 Å². The van der Waals surface area contributed by atoms with Crippen LogP contribution in [0.5, 0.6) is 0 Å².